The Morgan fingerprint density at radius 1 is 1.35 bits per heavy atom. The second-order valence-electron chi connectivity index (χ2n) is 6.74. The van der Waals surface area contributed by atoms with Crippen molar-refractivity contribution in [3.05, 3.63) is 22.6 Å². The van der Waals surface area contributed by atoms with Gasteiger partial charge in [0, 0.05) is 24.8 Å². The van der Waals surface area contributed by atoms with E-state index in [-0.39, 0.29) is 12.1 Å². The number of halogens is 1. The molecule has 0 aliphatic carbocycles. The van der Waals surface area contributed by atoms with Gasteiger partial charge in [-0.1, -0.05) is 11.6 Å². The van der Waals surface area contributed by atoms with Crippen LogP contribution in [0.15, 0.2) is 22.6 Å². The average molecular weight is 379 g/mol. The minimum atomic E-state index is 0.00541. The minimum absolute atomic E-state index is 0.00541. The fraction of sp³-hybridized carbons (Fsp3) is 0.588. The van der Waals surface area contributed by atoms with E-state index in [0.29, 0.717) is 16.8 Å². The van der Waals surface area contributed by atoms with Gasteiger partial charge >= 0.3 is 0 Å². The number of nitrogens with zero attached hydrogens (tertiary/aromatic N) is 3. The van der Waals surface area contributed by atoms with Gasteiger partial charge in [0.1, 0.15) is 10.8 Å². The number of piperidine rings is 1. The second kappa shape index (κ2) is 8.66. The highest BCUT2D eigenvalue weighted by molar-refractivity contribution is 6.32. The van der Waals surface area contributed by atoms with Crippen molar-refractivity contribution in [3.63, 3.8) is 0 Å². The van der Waals surface area contributed by atoms with Crippen LogP contribution in [0.25, 0.3) is 0 Å². The van der Waals surface area contributed by atoms with Crippen LogP contribution in [0.2, 0.25) is 5.02 Å². The van der Waals surface area contributed by atoms with Crippen molar-refractivity contribution in [2.45, 2.75) is 44.7 Å². The molecule has 0 radical (unpaired) electrons. The molecule has 2 aliphatic heterocycles. The molecule has 2 unspecified atom stereocenters. The molecule has 0 saturated carbocycles. The first kappa shape index (κ1) is 18.9. The summed E-state index contributed by atoms with van der Waals surface area (Å²) in [6.45, 7) is 4.44. The topological polar surface area (TPSA) is 126 Å². The van der Waals surface area contributed by atoms with Crippen LogP contribution in [0, 0.1) is 0 Å². The summed E-state index contributed by atoms with van der Waals surface area (Å²) in [6.07, 6.45) is 5.21. The van der Waals surface area contributed by atoms with Crippen LogP contribution < -0.4 is 27.4 Å². The number of aliphatic imine (C=N–C) groups is 1. The van der Waals surface area contributed by atoms with Gasteiger partial charge in [-0.05, 0) is 39.2 Å². The SMILES string of the molecule is CC(=NC1CCNCC1N)C1=C(N)CCCCNc2nc(ncc2Cl)N1. The smallest absolute Gasteiger partial charge is 0.229 e. The molecule has 8 nitrogen and oxygen atoms in total. The molecule has 2 bridgehead atoms. The molecule has 3 heterocycles. The predicted molar refractivity (Wildman–Crippen MR) is 107 cm³/mol. The first-order valence-electron chi connectivity index (χ1n) is 9.07. The fourth-order valence-corrected chi connectivity index (χ4v) is 3.34. The standard InChI is InChI=1S/C17H27ClN8/c1-10(24-14-5-7-21-9-13(14)20)15-12(19)4-2-3-6-22-16-11(18)8-23-17(25-15)26-16/h8,13-14,21H,2-7,9,19-20H2,1H3,(H2,22,23,25,26). The van der Waals surface area contributed by atoms with Gasteiger partial charge < -0.3 is 27.4 Å². The number of hydrogen-bond donors (Lipinski definition) is 5. The molecular formula is C17H27ClN8. The lowest BCUT2D eigenvalue weighted by atomic mass is 10.0. The van der Waals surface area contributed by atoms with Crippen molar-refractivity contribution in [3.8, 4) is 0 Å². The van der Waals surface area contributed by atoms with E-state index in [4.69, 9.17) is 28.1 Å². The van der Waals surface area contributed by atoms with Crippen molar-refractivity contribution in [2.24, 2.45) is 16.5 Å². The summed E-state index contributed by atoms with van der Waals surface area (Å²) in [5.74, 6) is 1.07. The summed E-state index contributed by atoms with van der Waals surface area (Å²) < 4.78 is 0. The summed E-state index contributed by atoms with van der Waals surface area (Å²) in [5.41, 5.74) is 14.9. The van der Waals surface area contributed by atoms with Gasteiger partial charge in [0.15, 0.2) is 0 Å². The molecule has 3 rings (SSSR count). The van der Waals surface area contributed by atoms with Crippen LogP contribution in [0.3, 0.4) is 0 Å². The number of hydrogen-bond acceptors (Lipinski definition) is 8. The molecule has 1 aromatic heterocycles. The Morgan fingerprint density at radius 3 is 3.00 bits per heavy atom. The van der Waals surface area contributed by atoms with E-state index in [0.717, 1.165) is 62.4 Å². The van der Waals surface area contributed by atoms with Gasteiger partial charge in [-0.2, -0.15) is 4.98 Å². The Morgan fingerprint density at radius 2 is 2.19 bits per heavy atom. The lowest BCUT2D eigenvalue weighted by Crippen LogP contribution is -2.48. The second-order valence-corrected chi connectivity index (χ2v) is 7.14. The van der Waals surface area contributed by atoms with Gasteiger partial charge in [0.2, 0.25) is 5.95 Å². The molecule has 1 aromatic rings. The fourth-order valence-electron chi connectivity index (χ4n) is 3.18. The summed E-state index contributed by atoms with van der Waals surface area (Å²) in [5, 5.41) is 10.3. The highest BCUT2D eigenvalue weighted by Crippen LogP contribution is 2.22. The van der Waals surface area contributed by atoms with Crippen LogP contribution in [0.4, 0.5) is 11.8 Å². The van der Waals surface area contributed by atoms with Gasteiger partial charge in [-0.3, -0.25) is 4.99 Å². The van der Waals surface area contributed by atoms with Gasteiger partial charge in [-0.15, -0.1) is 0 Å². The number of aromatic nitrogens is 2. The molecule has 0 amide bonds. The third-order valence-electron chi connectivity index (χ3n) is 4.68. The van der Waals surface area contributed by atoms with E-state index in [9.17, 15) is 0 Å². The molecule has 2 aliphatic rings. The summed E-state index contributed by atoms with van der Waals surface area (Å²) in [6, 6.07) is 0.0886. The Bertz CT molecular complexity index is 702. The zero-order chi connectivity index (χ0) is 18.5. The van der Waals surface area contributed by atoms with Gasteiger partial charge in [0.05, 0.1) is 23.6 Å². The Kier molecular flexibility index (Phi) is 6.29. The summed E-state index contributed by atoms with van der Waals surface area (Å²) in [7, 11) is 0. The third-order valence-corrected chi connectivity index (χ3v) is 4.96. The molecule has 0 aromatic carbocycles. The maximum atomic E-state index is 6.38. The van der Waals surface area contributed by atoms with Crippen LogP contribution in [0.1, 0.15) is 32.6 Å². The molecule has 1 saturated heterocycles. The quantitative estimate of drug-likeness (QED) is 0.493. The lowest BCUT2D eigenvalue weighted by molar-refractivity contribution is 0.404. The molecule has 1 fully saturated rings. The number of nitrogens with one attached hydrogen (secondary N) is 3. The first-order chi connectivity index (χ1) is 12.5. The van der Waals surface area contributed by atoms with E-state index in [2.05, 4.69) is 25.9 Å². The predicted octanol–water partition coefficient (Wildman–Crippen LogP) is 1.46. The van der Waals surface area contributed by atoms with Crippen LogP contribution in [-0.2, 0) is 0 Å². The van der Waals surface area contributed by atoms with Crippen molar-refractivity contribution < 1.29 is 0 Å². The van der Waals surface area contributed by atoms with Crippen LogP contribution >= 0.6 is 11.6 Å². The largest absolute Gasteiger partial charge is 0.400 e. The maximum Gasteiger partial charge on any atom is 0.229 e. The first-order valence-corrected chi connectivity index (χ1v) is 9.45. The monoisotopic (exact) mass is 378 g/mol. The van der Waals surface area contributed by atoms with E-state index < -0.39 is 0 Å². The highest BCUT2D eigenvalue weighted by Gasteiger charge is 2.22. The van der Waals surface area contributed by atoms with Crippen LogP contribution in [-0.4, -0.2) is 47.4 Å². The zero-order valence-corrected chi connectivity index (χ0v) is 15.8. The summed E-state index contributed by atoms with van der Waals surface area (Å²) >= 11 is 6.17. The summed E-state index contributed by atoms with van der Waals surface area (Å²) in [4.78, 5) is 13.6. The average Bonchev–Trinajstić information content (AvgIpc) is 2.65. The van der Waals surface area contributed by atoms with E-state index in [1.54, 1.807) is 6.20 Å². The van der Waals surface area contributed by atoms with Crippen molar-refractivity contribution in [1.29, 1.82) is 0 Å². The van der Waals surface area contributed by atoms with Gasteiger partial charge in [0.25, 0.3) is 0 Å². The minimum Gasteiger partial charge on any atom is -0.400 e. The van der Waals surface area contributed by atoms with E-state index in [1.807, 2.05) is 6.92 Å². The van der Waals surface area contributed by atoms with Crippen molar-refractivity contribution >= 4 is 29.1 Å². The van der Waals surface area contributed by atoms with Crippen LogP contribution in [0.5, 0.6) is 0 Å². The zero-order valence-electron chi connectivity index (χ0n) is 15.1. The molecule has 142 valence electrons. The molecule has 2 atom stereocenters. The molecule has 9 heteroatoms. The van der Waals surface area contributed by atoms with E-state index in [1.165, 1.54) is 0 Å². The van der Waals surface area contributed by atoms with Crippen molar-refractivity contribution in [2.75, 3.05) is 30.3 Å². The third kappa shape index (κ3) is 4.63. The molecule has 26 heavy (non-hydrogen) atoms. The maximum absolute atomic E-state index is 6.38. The lowest BCUT2D eigenvalue weighted by Gasteiger charge is -2.27. The molecule has 7 N–H and O–H groups in total. The number of nitrogens with two attached hydrogens (primary N) is 2. The number of anilines is 2. The molecular weight excluding hydrogens is 352 g/mol. The Balaban J connectivity index is 1.90. The molecule has 0 spiro atoms. The Hall–Kier alpha value is -1.90. The number of rotatable bonds is 2. The van der Waals surface area contributed by atoms with Gasteiger partial charge in [-0.25, -0.2) is 4.98 Å². The number of fused-ring (bicyclic) bond motifs is 2. The highest BCUT2D eigenvalue weighted by atomic mass is 35.5. The Labute approximate surface area is 158 Å². The normalized spacial score (nSPS) is 25.1. The van der Waals surface area contributed by atoms with Crippen molar-refractivity contribution in [1.82, 2.24) is 15.3 Å². The number of allylic oxidation sites excluding steroid dienone is 2. The van der Waals surface area contributed by atoms with E-state index >= 15 is 0 Å².